The molecule has 1 saturated carbocycles. The normalized spacial score (nSPS) is 21.4. The summed E-state index contributed by atoms with van der Waals surface area (Å²) < 4.78 is 9.32. The first-order chi connectivity index (χ1) is 8.87. The Bertz CT molecular complexity index is 432. The van der Waals surface area contributed by atoms with Gasteiger partial charge in [-0.3, -0.25) is 9.59 Å². The lowest BCUT2D eigenvalue weighted by Gasteiger charge is -2.22. The number of carboxylic acids is 1. The molecule has 19 heavy (non-hydrogen) atoms. The van der Waals surface area contributed by atoms with Crippen LogP contribution in [-0.2, 0) is 23.9 Å². The highest BCUT2D eigenvalue weighted by atomic mass is 16.5. The van der Waals surface area contributed by atoms with Gasteiger partial charge in [-0.1, -0.05) is 18.2 Å². The maximum absolute atomic E-state index is 11.9. The van der Waals surface area contributed by atoms with E-state index in [9.17, 15) is 14.4 Å². The number of ether oxygens (including phenoxy) is 2. The lowest BCUT2D eigenvalue weighted by atomic mass is 9.85. The lowest BCUT2D eigenvalue weighted by molar-refractivity contribution is -0.168. The summed E-state index contributed by atoms with van der Waals surface area (Å²) in [5.74, 6) is -2.84. The summed E-state index contributed by atoms with van der Waals surface area (Å²) in [5, 5.41) is 8.60. The maximum Gasteiger partial charge on any atom is 0.327 e. The van der Waals surface area contributed by atoms with Crippen LogP contribution in [-0.4, -0.2) is 37.2 Å². The fourth-order valence-corrected chi connectivity index (χ4v) is 2.30. The standard InChI is InChI=1S/C13H16O6/c1-8-6-13(11(16)18-2,12(17)19-3)7-9(8)4-5-10(14)15/h4-5,9H,1,6-7H2,2-3H3,(H,14,15)/b5-4+/t9-/m0/s1. The first-order valence-electron chi connectivity index (χ1n) is 5.63. The molecule has 0 heterocycles. The van der Waals surface area contributed by atoms with E-state index in [1.165, 1.54) is 20.3 Å². The molecular formula is C13H16O6. The van der Waals surface area contributed by atoms with Gasteiger partial charge in [-0.15, -0.1) is 0 Å². The van der Waals surface area contributed by atoms with E-state index in [1.807, 2.05) is 0 Å². The van der Waals surface area contributed by atoms with E-state index >= 15 is 0 Å². The van der Waals surface area contributed by atoms with E-state index in [0.717, 1.165) is 6.08 Å². The number of allylic oxidation sites excluding steroid dienone is 2. The molecule has 1 fully saturated rings. The topological polar surface area (TPSA) is 89.9 Å². The minimum absolute atomic E-state index is 0.0982. The fraction of sp³-hybridized carbons (Fsp3) is 0.462. The van der Waals surface area contributed by atoms with Gasteiger partial charge in [0.05, 0.1) is 14.2 Å². The minimum Gasteiger partial charge on any atom is -0.478 e. The van der Waals surface area contributed by atoms with Gasteiger partial charge < -0.3 is 14.6 Å². The molecule has 0 radical (unpaired) electrons. The Balaban J connectivity index is 3.05. The molecule has 0 aromatic rings. The monoisotopic (exact) mass is 268 g/mol. The first-order valence-corrected chi connectivity index (χ1v) is 5.63. The van der Waals surface area contributed by atoms with E-state index in [2.05, 4.69) is 16.1 Å². The first kappa shape index (κ1) is 14.9. The Kier molecular flexibility index (Phi) is 4.47. The Labute approximate surface area is 110 Å². The number of esters is 2. The number of rotatable bonds is 4. The number of aliphatic carboxylic acids is 1. The molecule has 0 amide bonds. The predicted molar refractivity (Wildman–Crippen MR) is 65.1 cm³/mol. The molecule has 1 N–H and O–H groups in total. The molecule has 1 aliphatic rings. The third kappa shape index (κ3) is 2.83. The minimum atomic E-state index is -1.42. The van der Waals surface area contributed by atoms with E-state index in [0.29, 0.717) is 5.57 Å². The molecule has 0 aromatic heterocycles. The lowest BCUT2D eigenvalue weighted by Crippen LogP contribution is -2.39. The molecule has 0 aliphatic heterocycles. The van der Waals surface area contributed by atoms with Crippen molar-refractivity contribution < 1.29 is 29.0 Å². The second kappa shape index (κ2) is 5.69. The average molecular weight is 268 g/mol. The van der Waals surface area contributed by atoms with Crippen molar-refractivity contribution in [1.82, 2.24) is 0 Å². The second-order valence-electron chi connectivity index (χ2n) is 4.41. The van der Waals surface area contributed by atoms with Crippen LogP contribution in [0.5, 0.6) is 0 Å². The summed E-state index contributed by atoms with van der Waals surface area (Å²) in [5.41, 5.74) is -0.818. The number of carbonyl (C=O) groups excluding carboxylic acids is 2. The molecular weight excluding hydrogens is 252 g/mol. The Hall–Kier alpha value is -2.11. The van der Waals surface area contributed by atoms with Crippen molar-refractivity contribution in [3.63, 3.8) is 0 Å². The predicted octanol–water partition coefficient (Wildman–Crippen LogP) is 0.926. The van der Waals surface area contributed by atoms with E-state index in [1.54, 1.807) is 0 Å². The molecule has 104 valence electrons. The van der Waals surface area contributed by atoms with Gasteiger partial charge in [0.2, 0.25) is 0 Å². The van der Waals surface area contributed by atoms with E-state index in [4.69, 9.17) is 5.11 Å². The Morgan fingerprint density at radius 2 is 1.84 bits per heavy atom. The van der Waals surface area contributed by atoms with Crippen molar-refractivity contribution in [3.05, 3.63) is 24.3 Å². The fourth-order valence-electron chi connectivity index (χ4n) is 2.30. The molecule has 0 saturated heterocycles. The van der Waals surface area contributed by atoms with Crippen molar-refractivity contribution in [2.24, 2.45) is 11.3 Å². The van der Waals surface area contributed by atoms with Crippen molar-refractivity contribution >= 4 is 17.9 Å². The Morgan fingerprint density at radius 1 is 1.32 bits per heavy atom. The molecule has 6 heteroatoms. The zero-order valence-corrected chi connectivity index (χ0v) is 10.8. The molecule has 0 unspecified atom stereocenters. The number of hydrogen-bond acceptors (Lipinski definition) is 5. The van der Waals surface area contributed by atoms with Gasteiger partial charge in [0.15, 0.2) is 5.41 Å². The van der Waals surface area contributed by atoms with Gasteiger partial charge in [0.1, 0.15) is 0 Å². The highest BCUT2D eigenvalue weighted by molar-refractivity contribution is 6.01. The summed E-state index contributed by atoms with van der Waals surface area (Å²) >= 11 is 0. The van der Waals surface area contributed by atoms with Crippen LogP contribution in [0.2, 0.25) is 0 Å². The summed E-state index contributed by atoms with van der Waals surface area (Å²) in [6.45, 7) is 3.78. The van der Waals surface area contributed by atoms with E-state index < -0.39 is 23.3 Å². The molecule has 1 aliphatic carbocycles. The number of hydrogen-bond donors (Lipinski definition) is 1. The zero-order valence-electron chi connectivity index (χ0n) is 10.8. The SMILES string of the molecule is C=C1CC(C(=O)OC)(C(=O)OC)C[C@@H]1/C=C/C(=O)O. The van der Waals surface area contributed by atoms with Crippen LogP contribution in [0.1, 0.15) is 12.8 Å². The molecule has 0 aromatic carbocycles. The van der Waals surface area contributed by atoms with Crippen molar-refractivity contribution in [3.8, 4) is 0 Å². The Morgan fingerprint density at radius 3 is 2.26 bits per heavy atom. The van der Waals surface area contributed by atoms with Gasteiger partial charge >= 0.3 is 17.9 Å². The summed E-state index contributed by atoms with van der Waals surface area (Å²) in [7, 11) is 2.38. The second-order valence-corrected chi connectivity index (χ2v) is 4.41. The molecule has 1 rings (SSSR count). The van der Waals surface area contributed by atoms with Gasteiger partial charge in [0.25, 0.3) is 0 Å². The highest BCUT2D eigenvalue weighted by Gasteiger charge is 2.54. The molecule has 0 bridgehead atoms. The van der Waals surface area contributed by atoms with Crippen LogP contribution in [0.4, 0.5) is 0 Å². The average Bonchev–Trinajstić information content (AvgIpc) is 2.72. The van der Waals surface area contributed by atoms with Gasteiger partial charge in [-0.05, 0) is 18.8 Å². The smallest absolute Gasteiger partial charge is 0.327 e. The molecule has 1 atom stereocenters. The number of carbonyl (C=O) groups is 3. The number of carboxylic acid groups (broad SMARTS) is 1. The van der Waals surface area contributed by atoms with Gasteiger partial charge in [0, 0.05) is 6.08 Å². The number of methoxy groups -OCH3 is 2. The van der Waals surface area contributed by atoms with Crippen LogP contribution >= 0.6 is 0 Å². The van der Waals surface area contributed by atoms with Crippen LogP contribution in [0.25, 0.3) is 0 Å². The third-order valence-corrected chi connectivity index (χ3v) is 3.24. The zero-order chi connectivity index (χ0) is 14.6. The van der Waals surface area contributed by atoms with Gasteiger partial charge in [-0.2, -0.15) is 0 Å². The van der Waals surface area contributed by atoms with Crippen LogP contribution in [0.3, 0.4) is 0 Å². The van der Waals surface area contributed by atoms with E-state index in [-0.39, 0.29) is 18.8 Å². The van der Waals surface area contributed by atoms with Crippen LogP contribution in [0, 0.1) is 11.3 Å². The largest absolute Gasteiger partial charge is 0.478 e. The maximum atomic E-state index is 11.9. The highest BCUT2D eigenvalue weighted by Crippen LogP contribution is 2.47. The van der Waals surface area contributed by atoms with Crippen molar-refractivity contribution in [1.29, 1.82) is 0 Å². The van der Waals surface area contributed by atoms with Crippen molar-refractivity contribution in [2.45, 2.75) is 12.8 Å². The third-order valence-electron chi connectivity index (χ3n) is 3.24. The quantitative estimate of drug-likeness (QED) is 0.353. The van der Waals surface area contributed by atoms with Crippen LogP contribution < -0.4 is 0 Å². The summed E-state index contributed by atoms with van der Waals surface area (Å²) in [6.07, 6.45) is 2.59. The molecule has 6 nitrogen and oxygen atoms in total. The van der Waals surface area contributed by atoms with Gasteiger partial charge in [-0.25, -0.2) is 4.79 Å². The summed E-state index contributed by atoms with van der Waals surface area (Å²) in [4.78, 5) is 34.2. The van der Waals surface area contributed by atoms with Crippen LogP contribution in [0.15, 0.2) is 24.3 Å². The summed E-state index contributed by atoms with van der Waals surface area (Å²) in [6, 6.07) is 0. The molecule has 0 spiro atoms. The van der Waals surface area contributed by atoms with Crippen molar-refractivity contribution in [2.75, 3.05) is 14.2 Å².